The predicted octanol–water partition coefficient (Wildman–Crippen LogP) is 1.04. The normalized spacial score (nSPS) is 14.9. The summed E-state index contributed by atoms with van der Waals surface area (Å²) in [6.45, 7) is 0. The highest BCUT2D eigenvalue weighted by Crippen LogP contribution is 2.00. The molecule has 0 bridgehead atoms. The van der Waals surface area contributed by atoms with Gasteiger partial charge in [-0.15, -0.1) is 0 Å². The third-order valence-corrected chi connectivity index (χ3v) is 1.10. The van der Waals surface area contributed by atoms with E-state index in [-0.39, 0.29) is 0 Å². The maximum absolute atomic E-state index is 11.5. The fourth-order valence-corrected chi connectivity index (χ4v) is 0.558. The summed E-state index contributed by atoms with van der Waals surface area (Å²) in [5, 5.41) is 0. The molecule has 0 saturated carbocycles. The Kier molecular flexibility index (Phi) is 1.17. The molecule has 0 aliphatic carbocycles. The third kappa shape index (κ3) is 1.69. The van der Waals surface area contributed by atoms with Crippen LogP contribution < -0.4 is 0 Å². The fraction of sp³-hybridized carbons (Fsp3) is 0.111. The molecule has 0 radical (unpaired) electrons. The molecule has 0 unspecified atom stereocenters. The second kappa shape index (κ2) is 3.67. The van der Waals surface area contributed by atoms with E-state index in [1.165, 1.54) is 0 Å². The van der Waals surface area contributed by atoms with Crippen molar-refractivity contribution in [3.05, 3.63) is 35.8 Å². The van der Waals surface area contributed by atoms with Gasteiger partial charge in [-0.25, -0.2) is 4.79 Å². The van der Waals surface area contributed by atoms with E-state index in [9.17, 15) is 9.59 Å². The highest BCUT2D eigenvalue weighted by atomic mass is 16.5. The Morgan fingerprint density at radius 1 is 1.33 bits per heavy atom. The lowest BCUT2D eigenvalue weighted by molar-refractivity contribution is -0.135. The van der Waals surface area contributed by atoms with Crippen molar-refractivity contribution < 1.29 is 21.2 Å². The molecule has 1 aromatic rings. The lowest BCUT2D eigenvalue weighted by Gasteiger charge is -1.96. The number of rotatable bonds is 2. The van der Waals surface area contributed by atoms with Gasteiger partial charge < -0.3 is 4.74 Å². The number of ether oxygens (including phenoxy) is 1. The van der Waals surface area contributed by atoms with Crippen molar-refractivity contribution in [1.82, 2.24) is 0 Å². The number of methoxy groups -OCH3 is 1. The van der Waals surface area contributed by atoms with E-state index < -0.39 is 47.5 Å². The molecule has 3 heteroatoms. The molecular formula is C9H8O3. The molecule has 1 aromatic carbocycles. The number of carbonyl (C=O) groups excluding carboxylic acids is 2. The quantitative estimate of drug-likeness (QED) is 0.377. The number of Topliss-reactive ketones (excluding diaryl/α,β-unsaturated/α-hetero) is 1. The van der Waals surface area contributed by atoms with Crippen molar-refractivity contribution in [1.29, 1.82) is 0 Å². The van der Waals surface area contributed by atoms with Crippen LogP contribution in [0.3, 0.4) is 0 Å². The molecule has 1 rings (SSSR count). The van der Waals surface area contributed by atoms with E-state index in [1.54, 1.807) is 0 Å². The van der Waals surface area contributed by atoms with Gasteiger partial charge >= 0.3 is 5.97 Å². The first-order chi connectivity index (χ1) is 7.82. The standard InChI is InChI=1S/C9H8O3/c1-12-9(11)8(10)7-5-3-2-4-6-7/h2-6H,1H3/i2D,3D,4D,5D,6D. The Bertz CT molecular complexity index is 483. The van der Waals surface area contributed by atoms with Crippen molar-refractivity contribution >= 4 is 11.8 Å². The molecule has 62 valence electrons. The minimum Gasteiger partial charge on any atom is -0.463 e. The summed E-state index contributed by atoms with van der Waals surface area (Å²) >= 11 is 0. The van der Waals surface area contributed by atoms with Crippen LogP contribution in [0.5, 0.6) is 0 Å². The summed E-state index contributed by atoms with van der Waals surface area (Å²) in [6, 6.07) is -3.39. The van der Waals surface area contributed by atoms with Crippen LogP contribution in [0.1, 0.15) is 17.2 Å². The number of hydrogen-bond donors (Lipinski definition) is 0. The van der Waals surface area contributed by atoms with Gasteiger partial charge in [0.1, 0.15) is 0 Å². The van der Waals surface area contributed by atoms with Crippen LogP contribution >= 0.6 is 0 Å². The van der Waals surface area contributed by atoms with Crippen molar-refractivity contribution in [2.24, 2.45) is 0 Å². The van der Waals surface area contributed by atoms with Gasteiger partial charge in [0.05, 0.1) is 14.0 Å². The Balaban J connectivity index is 3.55. The molecule has 3 nitrogen and oxygen atoms in total. The highest BCUT2D eigenvalue weighted by Gasteiger charge is 2.14. The molecule has 12 heavy (non-hydrogen) atoms. The molecule has 0 saturated heterocycles. The van der Waals surface area contributed by atoms with E-state index in [4.69, 9.17) is 6.85 Å². The average molecular weight is 169 g/mol. The van der Waals surface area contributed by atoms with Gasteiger partial charge in [-0.3, -0.25) is 4.79 Å². The van der Waals surface area contributed by atoms with Crippen molar-refractivity contribution in [2.75, 3.05) is 7.11 Å². The molecule has 0 N–H and O–H groups in total. The summed E-state index contributed by atoms with van der Waals surface area (Å²) < 4.78 is 41.0. The second-order valence-electron chi connectivity index (χ2n) is 1.82. The number of ketones is 1. The van der Waals surface area contributed by atoms with Crippen LogP contribution in [0.4, 0.5) is 0 Å². The number of esters is 1. The van der Waals surface area contributed by atoms with Crippen LogP contribution in [-0.2, 0) is 9.53 Å². The lowest BCUT2D eigenvalue weighted by atomic mass is 10.1. The smallest absolute Gasteiger partial charge is 0.379 e. The van der Waals surface area contributed by atoms with E-state index in [0.29, 0.717) is 0 Å². The predicted molar refractivity (Wildman–Crippen MR) is 42.8 cm³/mol. The SMILES string of the molecule is [2H]c1c([2H])c([2H])c(C(=O)C(=O)OC)c([2H])c1[2H]. The van der Waals surface area contributed by atoms with Gasteiger partial charge in [-0.05, 0) is 0 Å². The highest BCUT2D eigenvalue weighted by molar-refractivity contribution is 6.40. The Morgan fingerprint density at radius 3 is 2.42 bits per heavy atom. The van der Waals surface area contributed by atoms with Crippen LogP contribution in [0.25, 0.3) is 0 Å². The minimum absolute atomic E-state index is 0.624. The Morgan fingerprint density at radius 2 is 1.92 bits per heavy atom. The van der Waals surface area contributed by atoms with Crippen LogP contribution in [-0.4, -0.2) is 18.9 Å². The van der Waals surface area contributed by atoms with Crippen molar-refractivity contribution in [3.8, 4) is 0 Å². The van der Waals surface area contributed by atoms with Gasteiger partial charge in [0.2, 0.25) is 0 Å². The zero-order valence-corrected chi connectivity index (χ0v) is 6.22. The number of hydrogen-bond acceptors (Lipinski definition) is 3. The molecule has 0 heterocycles. The third-order valence-electron chi connectivity index (χ3n) is 1.10. The molecule has 0 aliphatic rings. The molecule has 0 fully saturated rings. The molecule has 0 aromatic heterocycles. The molecule has 0 amide bonds. The average Bonchev–Trinajstić information content (AvgIpc) is 2.32. The van der Waals surface area contributed by atoms with Crippen LogP contribution in [0.2, 0.25) is 0 Å². The van der Waals surface area contributed by atoms with Crippen LogP contribution in [0.15, 0.2) is 30.2 Å². The first-order valence-corrected chi connectivity index (χ1v) is 3.02. The summed E-state index contributed by atoms with van der Waals surface area (Å²) in [5.41, 5.74) is -0.678. The zero-order chi connectivity index (χ0) is 13.3. The van der Waals surface area contributed by atoms with Crippen molar-refractivity contribution in [3.63, 3.8) is 0 Å². The first-order valence-electron chi connectivity index (χ1n) is 5.52. The molecule has 0 spiro atoms. The monoisotopic (exact) mass is 169 g/mol. The summed E-state index contributed by atoms with van der Waals surface area (Å²) in [4.78, 5) is 22.5. The zero-order valence-electron chi connectivity index (χ0n) is 11.2. The summed E-state index contributed by atoms with van der Waals surface area (Å²) in [6.07, 6.45) is 0. The van der Waals surface area contributed by atoms with E-state index in [2.05, 4.69) is 4.74 Å². The minimum atomic E-state index is -1.27. The first kappa shape index (κ1) is 3.85. The van der Waals surface area contributed by atoms with Gasteiger partial charge in [-0.1, -0.05) is 30.2 Å². The Labute approximate surface area is 77.0 Å². The van der Waals surface area contributed by atoms with Gasteiger partial charge in [0.25, 0.3) is 5.78 Å². The largest absolute Gasteiger partial charge is 0.463 e. The van der Waals surface area contributed by atoms with Crippen molar-refractivity contribution in [2.45, 2.75) is 0 Å². The number of benzene rings is 1. The second-order valence-corrected chi connectivity index (χ2v) is 1.82. The maximum Gasteiger partial charge on any atom is 0.379 e. The Hall–Kier alpha value is -1.64. The van der Waals surface area contributed by atoms with E-state index >= 15 is 0 Å². The summed E-state index contributed by atoms with van der Waals surface area (Å²) in [5.74, 6) is -2.53. The molecule has 0 atom stereocenters. The maximum atomic E-state index is 11.5. The lowest BCUT2D eigenvalue weighted by Crippen LogP contribution is -2.15. The molecule has 0 aliphatic heterocycles. The van der Waals surface area contributed by atoms with Gasteiger partial charge in [-0.2, -0.15) is 0 Å². The summed E-state index contributed by atoms with van der Waals surface area (Å²) in [7, 11) is 0.968. The number of carbonyl (C=O) groups is 2. The molecular weight excluding hydrogens is 156 g/mol. The van der Waals surface area contributed by atoms with E-state index in [0.717, 1.165) is 7.11 Å². The van der Waals surface area contributed by atoms with Gasteiger partial charge in [0.15, 0.2) is 0 Å². The van der Waals surface area contributed by atoms with E-state index in [1.807, 2.05) is 0 Å². The van der Waals surface area contributed by atoms with Gasteiger partial charge in [0, 0.05) is 5.56 Å². The topological polar surface area (TPSA) is 43.4 Å². The fourth-order valence-electron chi connectivity index (χ4n) is 0.558. The van der Waals surface area contributed by atoms with Crippen LogP contribution in [0, 0.1) is 0 Å².